The highest BCUT2D eigenvalue weighted by molar-refractivity contribution is 7.16. The zero-order valence-electron chi connectivity index (χ0n) is 14.3. The molecule has 0 unspecified atom stereocenters. The second-order valence-corrected chi connectivity index (χ2v) is 7.79. The first-order valence-corrected chi connectivity index (χ1v) is 9.55. The van der Waals surface area contributed by atoms with Crippen LogP contribution in [-0.4, -0.2) is 42.9 Å². The molecule has 1 aromatic heterocycles. The average Bonchev–Trinajstić information content (AvgIpc) is 3.06. The van der Waals surface area contributed by atoms with E-state index < -0.39 is 0 Å². The number of nitrogens with zero attached hydrogens (tertiary/aromatic N) is 2. The van der Waals surface area contributed by atoms with E-state index in [-0.39, 0.29) is 11.8 Å². The van der Waals surface area contributed by atoms with Crippen molar-refractivity contribution < 1.29 is 9.59 Å². The van der Waals surface area contributed by atoms with E-state index in [0.717, 1.165) is 29.3 Å². The number of hydrogen-bond donors (Lipinski definition) is 1. The van der Waals surface area contributed by atoms with Crippen LogP contribution in [0.2, 0.25) is 4.34 Å². The number of piperazine rings is 1. The minimum absolute atomic E-state index is 0.0188. The molecule has 1 N–H and O–H groups in total. The summed E-state index contributed by atoms with van der Waals surface area (Å²) in [5, 5.41) is 2.90. The van der Waals surface area contributed by atoms with E-state index in [1.54, 1.807) is 11.0 Å². The Bertz CT molecular complexity index is 795. The molecule has 0 radical (unpaired) electrons. The predicted molar refractivity (Wildman–Crippen MR) is 107 cm³/mol. The van der Waals surface area contributed by atoms with Crippen LogP contribution in [0, 0.1) is 0 Å². The summed E-state index contributed by atoms with van der Waals surface area (Å²) in [5.41, 5.74) is 1.85. The number of rotatable bonds is 5. The first-order valence-electron chi connectivity index (χ1n) is 8.35. The van der Waals surface area contributed by atoms with Gasteiger partial charge >= 0.3 is 0 Å². The smallest absolute Gasteiger partial charge is 0.246 e. The van der Waals surface area contributed by atoms with Crippen LogP contribution in [0.15, 0.2) is 49.1 Å². The fourth-order valence-corrected chi connectivity index (χ4v) is 3.97. The van der Waals surface area contributed by atoms with Crippen LogP contribution in [0.3, 0.4) is 0 Å². The van der Waals surface area contributed by atoms with Gasteiger partial charge in [0, 0.05) is 42.4 Å². The lowest BCUT2D eigenvalue weighted by molar-refractivity contribution is -0.126. The van der Waals surface area contributed by atoms with E-state index in [4.69, 9.17) is 11.6 Å². The first-order chi connectivity index (χ1) is 12.5. The summed E-state index contributed by atoms with van der Waals surface area (Å²) in [5.74, 6) is -0.0810. The van der Waals surface area contributed by atoms with Crippen LogP contribution in [0.25, 0.3) is 0 Å². The molecule has 7 heteroatoms. The number of halogens is 1. The Kier molecular flexibility index (Phi) is 5.96. The number of amides is 2. The summed E-state index contributed by atoms with van der Waals surface area (Å²) in [6.45, 7) is 6.47. The van der Waals surface area contributed by atoms with Crippen LogP contribution in [0.5, 0.6) is 0 Å². The molecule has 1 saturated heterocycles. The molecule has 3 rings (SSSR count). The zero-order chi connectivity index (χ0) is 18.5. The van der Waals surface area contributed by atoms with Gasteiger partial charge in [-0.25, -0.2) is 0 Å². The van der Waals surface area contributed by atoms with E-state index in [9.17, 15) is 9.59 Å². The quantitative estimate of drug-likeness (QED) is 0.797. The standard InChI is InChI=1S/C19H20ClN3O2S/c1-2-19(25)23-11-9-22(10-12-23)15-5-3-14(4-6-15)21-18(24)13-16-7-8-17(20)26-16/h2-8H,1,9-13H2,(H,21,24). The van der Waals surface area contributed by atoms with Crippen LogP contribution in [0.4, 0.5) is 11.4 Å². The molecule has 1 aliphatic rings. The molecule has 0 bridgehead atoms. The Labute approximate surface area is 161 Å². The normalized spacial score (nSPS) is 14.2. The van der Waals surface area contributed by atoms with Gasteiger partial charge in [-0.2, -0.15) is 0 Å². The third kappa shape index (κ3) is 4.65. The van der Waals surface area contributed by atoms with Gasteiger partial charge in [-0.3, -0.25) is 9.59 Å². The van der Waals surface area contributed by atoms with Crippen molar-refractivity contribution in [3.63, 3.8) is 0 Å². The van der Waals surface area contributed by atoms with Crippen molar-refractivity contribution >= 4 is 46.1 Å². The average molecular weight is 390 g/mol. The van der Waals surface area contributed by atoms with Gasteiger partial charge in [-0.1, -0.05) is 18.2 Å². The Morgan fingerprint density at radius 2 is 1.81 bits per heavy atom. The number of hydrogen-bond acceptors (Lipinski definition) is 4. The number of benzene rings is 1. The molecule has 2 amide bonds. The molecular weight excluding hydrogens is 370 g/mol. The van der Waals surface area contributed by atoms with Gasteiger partial charge in [-0.05, 0) is 42.5 Å². The molecule has 0 saturated carbocycles. The maximum atomic E-state index is 12.1. The molecular formula is C19H20ClN3O2S. The van der Waals surface area contributed by atoms with Crippen LogP contribution in [0.1, 0.15) is 4.88 Å². The van der Waals surface area contributed by atoms with E-state index in [0.29, 0.717) is 23.8 Å². The van der Waals surface area contributed by atoms with Gasteiger partial charge in [0.05, 0.1) is 10.8 Å². The van der Waals surface area contributed by atoms with Crippen molar-refractivity contribution in [2.45, 2.75) is 6.42 Å². The Hall–Kier alpha value is -2.31. The van der Waals surface area contributed by atoms with Gasteiger partial charge in [0.2, 0.25) is 11.8 Å². The highest BCUT2D eigenvalue weighted by atomic mass is 35.5. The number of carbonyl (C=O) groups excluding carboxylic acids is 2. The second kappa shape index (κ2) is 8.38. The SMILES string of the molecule is C=CC(=O)N1CCN(c2ccc(NC(=O)Cc3ccc(Cl)s3)cc2)CC1. The summed E-state index contributed by atoms with van der Waals surface area (Å²) >= 11 is 7.30. The Balaban J connectivity index is 1.53. The summed E-state index contributed by atoms with van der Waals surface area (Å²) < 4.78 is 0.687. The molecule has 0 atom stereocenters. The fraction of sp³-hybridized carbons (Fsp3) is 0.263. The molecule has 5 nitrogen and oxygen atoms in total. The minimum atomic E-state index is -0.0622. The van der Waals surface area contributed by atoms with Crippen LogP contribution < -0.4 is 10.2 Å². The van der Waals surface area contributed by atoms with E-state index in [1.807, 2.05) is 30.3 Å². The summed E-state index contributed by atoms with van der Waals surface area (Å²) in [7, 11) is 0. The number of anilines is 2. The van der Waals surface area contributed by atoms with E-state index >= 15 is 0 Å². The molecule has 1 fully saturated rings. The molecule has 2 heterocycles. The van der Waals surface area contributed by atoms with Crippen molar-refractivity contribution in [2.24, 2.45) is 0 Å². The zero-order valence-corrected chi connectivity index (χ0v) is 15.9. The fourth-order valence-electron chi connectivity index (χ4n) is 2.88. The van der Waals surface area contributed by atoms with Crippen molar-refractivity contribution in [2.75, 3.05) is 36.4 Å². The highest BCUT2D eigenvalue weighted by Gasteiger charge is 2.19. The van der Waals surface area contributed by atoms with E-state index in [1.165, 1.54) is 17.4 Å². The summed E-state index contributed by atoms with van der Waals surface area (Å²) in [4.78, 5) is 28.7. The molecule has 136 valence electrons. The van der Waals surface area contributed by atoms with Gasteiger partial charge < -0.3 is 15.1 Å². The number of nitrogens with one attached hydrogen (secondary N) is 1. The van der Waals surface area contributed by atoms with Crippen LogP contribution in [-0.2, 0) is 16.0 Å². The molecule has 1 aromatic carbocycles. The van der Waals surface area contributed by atoms with Crippen molar-refractivity contribution in [1.82, 2.24) is 4.90 Å². The monoisotopic (exact) mass is 389 g/mol. The minimum Gasteiger partial charge on any atom is -0.368 e. The van der Waals surface area contributed by atoms with Crippen molar-refractivity contribution in [3.8, 4) is 0 Å². The third-order valence-electron chi connectivity index (χ3n) is 4.25. The molecule has 0 aliphatic carbocycles. The van der Waals surface area contributed by atoms with Gasteiger partial charge in [0.15, 0.2) is 0 Å². The Morgan fingerprint density at radius 1 is 1.12 bits per heavy atom. The molecule has 2 aromatic rings. The lowest BCUT2D eigenvalue weighted by Crippen LogP contribution is -2.48. The number of thiophene rings is 1. The van der Waals surface area contributed by atoms with Gasteiger partial charge in [0.25, 0.3) is 0 Å². The molecule has 1 aliphatic heterocycles. The predicted octanol–water partition coefficient (Wildman–Crippen LogP) is 3.42. The Morgan fingerprint density at radius 3 is 2.38 bits per heavy atom. The lowest BCUT2D eigenvalue weighted by atomic mass is 10.2. The first kappa shape index (κ1) is 18.5. The molecule has 26 heavy (non-hydrogen) atoms. The maximum absolute atomic E-state index is 12.1. The van der Waals surface area contributed by atoms with Gasteiger partial charge in [-0.15, -0.1) is 11.3 Å². The highest BCUT2D eigenvalue weighted by Crippen LogP contribution is 2.23. The van der Waals surface area contributed by atoms with E-state index in [2.05, 4.69) is 16.8 Å². The van der Waals surface area contributed by atoms with Crippen LogP contribution >= 0.6 is 22.9 Å². The third-order valence-corrected chi connectivity index (χ3v) is 5.48. The maximum Gasteiger partial charge on any atom is 0.246 e. The second-order valence-electron chi connectivity index (χ2n) is 5.99. The number of carbonyl (C=O) groups is 2. The van der Waals surface area contributed by atoms with Crippen molar-refractivity contribution in [3.05, 3.63) is 58.3 Å². The van der Waals surface area contributed by atoms with Crippen molar-refractivity contribution in [1.29, 1.82) is 0 Å². The summed E-state index contributed by atoms with van der Waals surface area (Å²) in [6.07, 6.45) is 1.68. The topological polar surface area (TPSA) is 52.7 Å². The molecule has 0 spiro atoms. The summed E-state index contributed by atoms with van der Waals surface area (Å²) in [6, 6.07) is 11.4. The lowest BCUT2D eigenvalue weighted by Gasteiger charge is -2.35. The van der Waals surface area contributed by atoms with Gasteiger partial charge in [0.1, 0.15) is 0 Å². The largest absolute Gasteiger partial charge is 0.368 e.